The molecule has 0 amide bonds. The molecule has 2 saturated heterocycles. The third-order valence-electron chi connectivity index (χ3n) is 6.13. The van der Waals surface area contributed by atoms with Gasteiger partial charge in [-0.1, -0.05) is 12.8 Å². The van der Waals surface area contributed by atoms with E-state index in [1.165, 1.54) is 96.9 Å². The Hall–Kier alpha value is -0.810. The zero-order chi connectivity index (χ0) is 18.0. The van der Waals surface area contributed by atoms with Crippen LogP contribution in [0.5, 0.6) is 0 Å². The number of hydrogen-bond donors (Lipinski definition) is 2. The van der Waals surface area contributed by atoms with Crippen LogP contribution in [0.4, 0.5) is 0 Å². The summed E-state index contributed by atoms with van der Waals surface area (Å²) >= 11 is 0. The van der Waals surface area contributed by atoms with Gasteiger partial charge in [0.05, 0.1) is 0 Å². The molecule has 150 valence electrons. The number of unbranched alkanes of at least 4 members (excludes halogenated alkanes) is 2. The predicted octanol–water partition coefficient (Wildman–Crippen LogP) is 2.82. The quantitative estimate of drug-likeness (QED) is 0.376. The van der Waals surface area contributed by atoms with Crippen LogP contribution in [0.1, 0.15) is 71.1 Å². The Morgan fingerprint density at radius 2 is 1.69 bits per heavy atom. The molecular formula is C21H41N5. The number of nitrogens with zero attached hydrogens (tertiary/aromatic N) is 3. The number of nitrogens with one attached hydrogen (secondary N) is 2. The van der Waals surface area contributed by atoms with Crippen LogP contribution in [0.25, 0.3) is 0 Å². The van der Waals surface area contributed by atoms with Crippen LogP contribution in [-0.2, 0) is 0 Å². The summed E-state index contributed by atoms with van der Waals surface area (Å²) in [7, 11) is 0. The highest BCUT2D eigenvalue weighted by molar-refractivity contribution is 5.80. The van der Waals surface area contributed by atoms with Crippen molar-refractivity contribution in [2.24, 2.45) is 4.99 Å². The van der Waals surface area contributed by atoms with Gasteiger partial charge in [0.25, 0.3) is 0 Å². The van der Waals surface area contributed by atoms with E-state index in [0.29, 0.717) is 6.04 Å². The average Bonchev–Trinajstić information content (AvgIpc) is 3.51. The van der Waals surface area contributed by atoms with Crippen LogP contribution in [0.2, 0.25) is 0 Å². The Morgan fingerprint density at radius 3 is 2.38 bits per heavy atom. The van der Waals surface area contributed by atoms with E-state index in [1.54, 1.807) is 0 Å². The minimum Gasteiger partial charge on any atom is -0.357 e. The lowest BCUT2D eigenvalue weighted by atomic mass is 10.1. The van der Waals surface area contributed by atoms with E-state index in [-0.39, 0.29) is 0 Å². The first-order valence-electron chi connectivity index (χ1n) is 11.4. The molecule has 0 bridgehead atoms. The second kappa shape index (κ2) is 11.1. The van der Waals surface area contributed by atoms with E-state index in [0.717, 1.165) is 25.1 Å². The first kappa shape index (κ1) is 19.9. The zero-order valence-electron chi connectivity index (χ0n) is 17.0. The molecule has 1 aliphatic carbocycles. The highest BCUT2D eigenvalue weighted by Gasteiger charge is 2.31. The van der Waals surface area contributed by atoms with Gasteiger partial charge >= 0.3 is 0 Å². The first-order valence-corrected chi connectivity index (χ1v) is 11.4. The second-order valence-corrected chi connectivity index (χ2v) is 8.41. The molecule has 5 nitrogen and oxygen atoms in total. The van der Waals surface area contributed by atoms with Gasteiger partial charge in [-0.05, 0) is 77.9 Å². The molecule has 3 aliphatic rings. The Morgan fingerprint density at radius 1 is 0.923 bits per heavy atom. The van der Waals surface area contributed by atoms with Crippen molar-refractivity contribution in [3.05, 3.63) is 0 Å². The van der Waals surface area contributed by atoms with Crippen LogP contribution >= 0.6 is 0 Å². The Kier molecular flexibility index (Phi) is 8.53. The summed E-state index contributed by atoms with van der Waals surface area (Å²) in [6.07, 6.45) is 13.5. The molecule has 1 saturated carbocycles. The summed E-state index contributed by atoms with van der Waals surface area (Å²) in [4.78, 5) is 10.2. The maximum absolute atomic E-state index is 4.83. The monoisotopic (exact) mass is 363 g/mol. The first-order chi connectivity index (χ1) is 12.8. The number of hydrogen-bond acceptors (Lipinski definition) is 3. The number of guanidine groups is 1. The fraction of sp³-hybridized carbons (Fsp3) is 0.952. The molecule has 0 atom stereocenters. The number of piperidine rings is 2. The maximum atomic E-state index is 4.83. The third-order valence-corrected chi connectivity index (χ3v) is 6.13. The fourth-order valence-electron chi connectivity index (χ4n) is 4.36. The Labute approximate surface area is 161 Å². The molecule has 0 radical (unpaired) electrons. The predicted molar refractivity (Wildman–Crippen MR) is 111 cm³/mol. The zero-order valence-corrected chi connectivity index (χ0v) is 17.0. The van der Waals surface area contributed by atoms with Gasteiger partial charge in [0.15, 0.2) is 5.96 Å². The van der Waals surface area contributed by atoms with Crippen molar-refractivity contribution in [3.63, 3.8) is 0 Å². The summed E-state index contributed by atoms with van der Waals surface area (Å²) in [6, 6.07) is 1.52. The van der Waals surface area contributed by atoms with Crippen molar-refractivity contribution in [2.75, 3.05) is 45.8 Å². The van der Waals surface area contributed by atoms with Gasteiger partial charge in [0, 0.05) is 38.3 Å². The SMILES string of the molecule is CCNC(=NCCCCCN1CCCCC1)NC1CCN(C2CC2)CC1. The molecule has 26 heavy (non-hydrogen) atoms. The molecule has 3 rings (SSSR count). The summed E-state index contributed by atoms with van der Waals surface area (Å²) in [6.45, 7) is 10.5. The summed E-state index contributed by atoms with van der Waals surface area (Å²) in [5.41, 5.74) is 0. The van der Waals surface area contributed by atoms with Crippen LogP contribution in [0.3, 0.4) is 0 Å². The molecule has 2 heterocycles. The van der Waals surface area contributed by atoms with E-state index in [1.807, 2.05) is 0 Å². The van der Waals surface area contributed by atoms with Crippen molar-refractivity contribution >= 4 is 5.96 Å². The highest BCUT2D eigenvalue weighted by Crippen LogP contribution is 2.29. The van der Waals surface area contributed by atoms with Crippen molar-refractivity contribution in [1.29, 1.82) is 0 Å². The molecule has 2 N–H and O–H groups in total. The molecule has 2 aliphatic heterocycles. The summed E-state index contributed by atoms with van der Waals surface area (Å²) in [5, 5.41) is 7.12. The van der Waals surface area contributed by atoms with Crippen LogP contribution in [0, 0.1) is 0 Å². The van der Waals surface area contributed by atoms with Crippen LogP contribution < -0.4 is 10.6 Å². The van der Waals surface area contributed by atoms with Crippen molar-refractivity contribution in [2.45, 2.75) is 83.2 Å². The van der Waals surface area contributed by atoms with Gasteiger partial charge in [0.1, 0.15) is 0 Å². The van der Waals surface area contributed by atoms with Crippen molar-refractivity contribution in [1.82, 2.24) is 20.4 Å². The second-order valence-electron chi connectivity index (χ2n) is 8.41. The van der Waals surface area contributed by atoms with Gasteiger partial charge in [-0.3, -0.25) is 4.99 Å². The van der Waals surface area contributed by atoms with E-state index in [4.69, 9.17) is 4.99 Å². The standard InChI is InChI=1S/C21H41N5/c1-2-22-21(24-19-11-17-26(18-12-19)20-9-10-20)23-13-5-3-6-14-25-15-7-4-8-16-25/h19-20H,2-18H2,1H3,(H2,22,23,24). The largest absolute Gasteiger partial charge is 0.357 e. The maximum Gasteiger partial charge on any atom is 0.191 e. The van der Waals surface area contributed by atoms with Gasteiger partial charge in [-0.15, -0.1) is 0 Å². The van der Waals surface area contributed by atoms with Crippen LogP contribution in [-0.4, -0.2) is 73.7 Å². The van der Waals surface area contributed by atoms with Gasteiger partial charge in [-0.25, -0.2) is 0 Å². The van der Waals surface area contributed by atoms with Crippen molar-refractivity contribution < 1.29 is 0 Å². The molecule has 0 aromatic heterocycles. The molecule has 0 unspecified atom stereocenters. The smallest absolute Gasteiger partial charge is 0.191 e. The minimum atomic E-state index is 0.599. The highest BCUT2D eigenvalue weighted by atomic mass is 15.2. The summed E-state index contributed by atoms with van der Waals surface area (Å²) in [5.74, 6) is 1.04. The third kappa shape index (κ3) is 7.07. The van der Waals surface area contributed by atoms with E-state index in [9.17, 15) is 0 Å². The summed E-state index contributed by atoms with van der Waals surface area (Å²) < 4.78 is 0. The fourth-order valence-corrected chi connectivity index (χ4v) is 4.36. The molecule has 0 aromatic rings. The number of likely N-dealkylation sites (tertiary alicyclic amines) is 2. The van der Waals surface area contributed by atoms with Crippen LogP contribution in [0.15, 0.2) is 4.99 Å². The Balaban J connectivity index is 1.27. The lowest BCUT2D eigenvalue weighted by molar-refractivity contribution is 0.197. The molecular weight excluding hydrogens is 322 g/mol. The van der Waals surface area contributed by atoms with Gasteiger partial charge < -0.3 is 20.4 Å². The molecule has 0 spiro atoms. The lowest BCUT2D eigenvalue weighted by Crippen LogP contribution is -2.49. The topological polar surface area (TPSA) is 42.9 Å². The molecule has 3 fully saturated rings. The Bertz CT molecular complexity index is 407. The van der Waals surface area contributed by atoms with E-state index < -0.39 is 0 Å². The number of aliphatic imine (C=N–C) groups is 1. The van der Waals surface area contributed by atoms with E-state index in [2.05, 4.69) is 27.4 Å². The van der Waals surface area contributed by atoms with Crippen molar-refractivity contribution in [3.8, 4) is 0 Å². The van der Waals surface area contributed by atoms with Gasteiger partial charge in [-0.2, -0.15) is 0 Å². The number of rotatable bonds is 9. The lowest BCUT2D eigenvalue weighted by Gasteiger charge is -2.33. The average molecular weight is 364 g/mol. The minimum absolute atomic E-state index is 0.599. The molecule has 0 aromatic carbocycles. The molecule has 5 heteroatoms. The normalized spacial score (nSPS) is 24.0. The van der Waals surface area contributed by atoms with E-state index >= 15 is 0 Å². The van der Waals surface area contributed by atoms with Gasteiger partial charge in [0.2, 0.25) is 0 Å².